The maximum Gasteiger partial charge on any atom is 0.302 e. The Morgan fingerprint density at radius 1 is 1.12 bits per heavy atom. The third-order valence-corrected chi connectivity index (χ3v) is 3.09. The average Bonchev–Trinajstić information content (AvgIpc) is 2.27. The number of carbonyl (C=O) groups is 1. The van der Waals surface area contributed by atoms with Crippen LogP contribution in [0.1, 0.15) is 91.0 Å². The molecule has 0 saturated carbocycles. The van der Waals surface area contributed by atoms with Crippen molar-refractivity contribution < 1.29 is 24.1 Å². The fourth-order valence-electron chi connectivity index (χ4n) is 2.22. The zero-order valence-corrected chi connectivity index (χ0v) is 11.4. The summed E-state index contributed by atoms with van der Waals surface area (Å²) < 4.78 is 15.8. The summed E-state index contributed by atoms with van der Waals surface area (Å²) in [6.07, 6.45) is 2.25. The Hall–Kier alpha value is -0.650. The van der Waals surface area contributed by atoms with E-state index in [1.54, 1.807) is 6.92 Å². The standard InChI is InChI=1S/C13H24O5.6CH4/c1-4-12-7-13(17-8-16-12)6-11(15)5-9(2)18-10(3)14;;;;;;/h9,11-13,15H,4-8H2,1-3H3;6*1H4. The normalized spacial score (nSPS) is 20.7. The largest absolute Gasteiger partial charge is 0.463 e. The topological polar surface area (TPSA) is 65.0 Å². The number of hydrogen-bond acceptors (Lipinski definition) is 5. The molecule has 1 saturated heterocycles. The van der Waals surface area contributed by atoms with Crippen molar-refractivity contribution in [2.45, 2.75) is 115 Å². The molecule has 1 N–H and O–H groups in total. The third kappa shape index (κ3) is 16.2. The van der Waals surface area contributed by atoms with Crippen molar-refractivity contribution in [2.75, 3.05) is 6.79 Å². The molecule has 0 radical (unpaired) electrons. The van der Waals surface area contributed by atoms with Gasteiger partial charge in [-0.15, -0.1) is 0 Å². The number of esters is 1. The van der Waals surface area contributed by atoms with Gasteiger partial charge in [-0.3, -0.25) is 4.79 Å². The van der Waals surface area contributed by atoms with Gasteiger partial charge in [0.1, 0.15) is 12.9 Å². The highest BCUT2D eigenvalue weighted by atomic mass is 16.7. The van der Waals surface area contributed by atoms with Gasteiger partial charge in [-0.25, -0.2) is 0 Å². The van der Waals surface area contributed by atoms with E-state index in [0.717, 1.165) is 12.8 Å². The van der Waals surface area contributed by atoms with Crippen molar-refractivity contribution in [3.8, 4) is 0 Å². The zero-order chi connectivity index (χ0) is 13.5. The molecule has 1 fully saturated rings. The molecule has 1 aliphatic heterocycles. The molecule has 1 rings (SSSR count). The van der Waals surface area contributed by atoms with Crippen LogP contribution in [-0.4, -0.2) is 42.3 Å². The average molecular weight is 357 g/mol. The molecule has 1 heterocycles. The molecule has 0 aromatic rings. The first kappa shape index (κ1) is 38.7. The molecular formula is C19H48O5. The highest BCUT2D eigenvalue weighted by molar-refractivity contribution is 5.66. The van der Waals surface area contributed by atoms with E-state index in [9.17, 15) is 9.90 Å². The highest BCUT2D eigenvalue weighted by Crippen LogP contribution is 2.21. The van der Waals surface area contributed by atoms with Gasteiger partial charge < -0.3 is 19.3 Å². The van der Waals surface area contributed by atoms with E-state index in [4.69, 9.17) is 14.2 Å². The Morgan fingerprint density at radius 3 is 2.08 bits per heavy atom. The predicted octanol–water partition coefficient (Wildman–Crippen LogP) is 5.44. The van der Waals surface area contributed by atoms with E-state index in [1.807, 2.05) is 0 Å². The van der Waals surface area contributed by atoms with Gasteiger partial charge in [0.05, 0.1) is 18.3 Å². The van der Waals surface area contributed by atoms with Crippen LogP contribution in [0.2, 0.25) is 0 Å². The SMILES string of the molecule is C.C.C.C.C.C.CCC1CC(CC(O)CC(C)OC(C)=O)OCO1. The summed E-state index contributed by atoms with van der Waals surface area (Å²) in [5.41, 5.74) is 0. The first-order valence-corrected chi connectivity index (χ1v) is 6.59. The number of aliphatic hydroxyl groups excluding tert-OH is 1. The van der Waals surface area contributed by atoms with Crippen LogP contribution in [0.4, 0.5) is 0 Å². The van der Waals surface area contributed by atoms with Gasteiger partial charge in [-0.2, -0.15) is 0 Å². The molecule has 0 aromatic heterocycles. The van der Waals surface area contributed by atoms with Crippen LogP contribution in [0.3, 0.4) is 0 Å². The van der Waals surface area contributed by atoms with Gasteiger partial charge in [0, 0.05) is 19.8 Å². The second-order valence-electron chi connectivity index (χ2n) is 4.88. The van der Waals surface area contributed by atoms with Crippen LogP contribution in [0.15, 0.2) is 0 Å². The molecule has 4 atom stereocenters. The fraction of sp³-hybridized carbons (Fsp3) is 0.947. The smallest absolute Gasteiger partial charge is 0.302 e. The lowest BCUT2D eigenvalue weighted by Gasteiger charge is -2.30. The number of carbonyl (C=O) groups excluding carboxylic acids is 1. The summed E-state index contributed by atoms with van der Waals surface area (Å²) in [6, 6.07) is 0. The Labute approximate surface area is 153 Å². The van der Waals surface area contributed by atoms with Gasteiger partial charge in [-0.05, 0) is 19.8 Å². The molecule has 4 unspecified atom stereocenters. The third-order valence-electron chi connectivity index (χ3n) is 3.09. The minimum absolute atomic E-state index is 0. The van der Waals surface area contributed by atoms with E-state index in [0.29, 0.717) is 19.6 Å². The molecular weight excluding hydrogens is 308 g/mol. The van der Waals surface area contributed by atoms with Crippen LogP contribution in [0, 0.1) is 0 Å². The van der Waals surface area contributed by atoms with Crippen LogP contribution in [0.5, 0.6) is 0 Å². The second-order valence-corrected chi connectivity index (χ2v) is 4.88. The lowest BCUT2D eigenvalue weighted by Crippen LogP contribution is -2.34. The van der Waals surface area contributed by atoms with Gasteiger partial charge in [-0.1, -0.05) is 51.5 Å². The Balaban J connectivity index is -0.000000135. The van der Waals surface area contributed by atoms with E-state index in [2.05, 4.69) is 6.92 Å². The molecule has 1 aliphatic rings. The van der Waals surface area contributed by atoms with Crippen molar-refractivity contribution in [1.82, 2.24) is 0 Å². The molecule has 24 heavy (non-hydrogen) atoms. The van der Waals surface area contributed by atoms with Crippen LogP contribution in [-0.2, 0) is 19.0 Å². The van der Waals surface area contributed by atoms with Gasteiger partial charge in [0.2, 0.25) is 0 Å². The quantitative estimate of drug-likeness (QED) is 0.642. The fourth-order valence-corrected chi connectivity index (χ4v) is 2.22. The molecule has 154 valence electrons. The summed E-state index contributed by atoms with van der Waals surface area (Å²) in [5.74, 6) is -0.317. The summed E-state index contributed by atoms with van der Waals surface area (Å²) in [6.45, 7) is 5.53. The summed E-state index contributed by atoms with van der Waals surface area (Å²) in [5, 5.41) is 9.93. The van der Waals surface area contributed by atoms with Gasteiger partial charge >= 0.3 is 5.97 Å². The Kier molecular flexibility index (Phi) is 32.9. The van der Waals surface area contributed by atoms with Crippen LogP contribution < -0.4 is 0 Å². The summed E-state index contributed by atoms with van der Waals surface area (Å²) in [7, 11) is 0. The Morgan fingerprint density at radius 2 is 1.62 bits per heavy atom. The number of aliphatic hydroxyl groups is 1. The molecule has 0 aromatic carbocycles. The second kappa shape index (κ2) is 20.4. The molecule has 5 nitrogen and oxygen atoms in total. The van der Waals surface area contributed by atoms with Crippen molar-refractivity contribution in [1.29, 1.82) is 0 Å². The van der Waals surface area contributed by atoms with Crippen molar-refractivity contribution in [2.24, 2.45) is 0 Å². The first-order chi connectivity index (χ1) is 8.51. The summed E-state index contributed by atoms with van der Waals surface area (Å²) in [4.78, 5) is 10.8. The van der Waals surface area contributed by atoms with Crippen molar-refractivity contribution in [3.63, 3.8) is 0 Å². The minimum atomic E-state index is -0.514. The lowest BCUT2D eigenvalue weighted by molar-refractivity contribution is -0.183. The van der Waals surface area contributed by atoms with Gasteiger partial charge in [0.15, 0.2) is 0 Å². The molecule has 0 spiro atoms. The van der Waals surface area contributed by atoms with E-state index in [1.165, 1.54) is 6.92 Å². The number of ether oxygens (including phenoxy) is 3. The maximum absolute atomic E-state index is 10.8. The molecule has 0 aliphatic carbocycles. The van der Waals surface area contributed by atoms with Crippen molar-refractivity contribution in [3.05, 3.63) is 0 Å². The minimum Gasteiger partial charge on any atom is -0.463 e. The molecule has 0 bridgehead atoms. The monoisotopic (exact) mass is 356 g/mol. The first-order valence-electron chi connectivity index (χ1n) is 6.59. The highest BCUT2D eigenvalue weighted by Gasteiger charge is 2.25. The molecule has 0 amide bonds. The van der Waals surface area contributed by atoms with Crippen LogP contribution in [0.25, 0.3) is 0 Å². The number of rotatable bonds is 6. The van der Waals surface area contributed by atoms with Crippen molar-refractivity contribution >= 4 is 5.97 Å². The molecule has 5 heteroatoms. The predicted molar refractivity (Wildman–Crippen MR) is 106 cm³/mol. The summed E-state index contributed by atoms with van der Waals surface area (Å²) >= 11 is 0. The van der Waals surface area contributed by atoms with Crippen LogP contribution >= 0.6 is 0 Å². The van der Waals surface area contributed by atoms with E-state index in [-0.39, 0.29) is 68.8 Å². The Bertz CT molecular complexity index is 258. The van der Waals surface area contributed by atoms with E-state index >= 15 is 0 Å². The van der Waals surface area contributed by atoms with Gasteiger partial charge in [0.25, 0.3) is 0 Å². The maximum atomic E-state index is 10.8. The number of hydrogen-bond donors (Lipinski definition) is 1. The lowest BCUT2D eigenvalue weighted by atomic mass is 10.00. The zero-order valence-electron chi connectivity index (χ0n) is 11.4. The van der Waals surface area contributed by atoms with E-state index < -0.39 is 6.10 Å².